The highest BCUT2D eigenvalue weighted by Crippen LogP contribution is 2.31. The number of Topliss-reactive ketones (excluding diaryl/α,β-unsaturated/α-hetero) is 1. The molecule has 4 aromatic rings. The van der Waals surface area contributed by atoms with Gasteiger partial charge in [0, 0.05) is 34.6 Å². The lowest BCUT2D eigenvalue weighted by Crippen LogP contribution is -2.12. The van der Waals surface area contributed by atoms with Crippen LogP contribution in [0.15, 0.2) is 59.2 Å². The maximum atomic E-state index is 11.8. The minimum atomic E-state index is -0.0524. The van der Waals surface area contributed by atoms with Crippen LogP contribution in [0.2, 0.25) is 5.02 Å². The Kier molecular flexibility index (Phi) is 20.6. The number of aliphatic hydroxyl groups is 1. The smallest absolute Gasteiger partial charge is 0.170 e. The number of rotatable bonds is 12. The molecule has 0 unspecified atom stereocenters. The van der Waals surface area contributed by atoms with Crippen molar-refractivity contribution in [2.75, 3.05) is 13.7 Å². The normalized spacial score (nSPS) is 10.2. The zero-order chi connectivity index (χ0) is 35.4. The van der Waals surface area contributed by atoms with Gasteiger partial charge in [0.1, 0.15) is 30.0 Å². The molecule has 2 heterocycles. The van der Waals surface area contributed by atoms with Crippen LogP contribution in [0.3, 0.4) is 0 Å². The van der Waals surface area contributed by atoms with E-state index in [4.69, 9.17) is 36.0 Å². The summed E-state index contributed by atoms with van der Waals surface area (Å²) in [5.74, 6) is 2.35. The van der Waals surface area contributed by atoms with E-state index in [0.29, 0.717) is 29.2 Å². The third-order valence-corrected chi connectivity index (χ3v) is 7.92. The van der Waals surface area contributed by atoms with Crippen molar-refractivity contribution >= 4 is 45.2 Å². The summed E-state index contributed by atoms with van der Waals surface area (Å²) in [6.07, 6.45) is 8.47. The Hall–Kier alpha value is -3.20. The lowest BCUT2D eigenvalue weighted by atomic mass is 10.1. The Balaban J connectivity index is 0.000000433. The van der Waals surface area contributed by atoms with Crippen LogP contribution < -0.4 is 9.47 Å². The average Bonchev–Trinajstić information content (AvgIpc) is 3.40. The SMILES string of the molecule is CC=O.CCCC(=O)COc1ccc(Br)cc1Cc1c(CC)nc2ccccn12.CCCC(C)C.COc1c(CO)ccc(C)c1Cl. The Morgan fingerprint density at radius 1 is 1.09 bits per heavy atom. The molecule has 1 N–H and O–H groups in total. The minimum absolute atomic E-state index is 0.0524. The first kappa shape index (κ1) is 41.8. The number of ketones is 1. The molecule has 0 aliphatic heterocycles. The minimum Gasteiger partial charge on any atom is -0.495 e. The number of carbonyl (C=O) groups excluding carboxylic acids is 2. The Bertz CT molecular complexity index is 1520. The molecule has 0 radical (unpaired) electrons. The standard InChI is InChI=1S/C21H23BrN2O2.C9H11ClO2.C6H14.C2H4O/c1-3-7-17(25)14-26-20-10-9-16(22)12-15(20)13-19-18(4-2)23-21-8-5-6-11-24(19)21;1-6-3-4-7(5-11)9(12-2)8(6)10;1-4-5-6(2)3;1-2-3/h5-6,8-12H,3-4,7,13-14H2,1-2H3;3-4,11H,5H2,1-2H3;6H,4-5H2,1-3H3;2H,1H3. The van der Waals surface area contributed by atoms with Gasteiger partial charge in [-0.15, -0.1) is 0 Å². The molecule has 0 spiro atoms. The number of fused-ring (bicyclic) bond motifs is 1. The van der Waals surface area contributed by atoms with E-state index < -0.39 is 0 Å². The van der Waals surface area contributed by atoms with Gasteiger partial charge >= 0.3 is 0 Å². The molecule has 0 fully saturated rings. The van der Waals surface area contributed by atoms with Crippen molar-refractivity contribution in [1.82, 2.24) is 9.38 Å². The number of aliphatic hydroxyl groups excluding tert-OH is 1. The molecule has 0 saturated heterocycles. The van der Waals surface area contributed by atoms with Crippen molar-refractivity contribution in [2.45, 2.75) is 93.6 Å². The van der Waals surface area contributed by atoms with Crippen molar-refractivity contribution in [3.8, 4) is 11.5 Å². The number of imidazole rings is 1. The van der Waals surface area contributed by atoms with Gasteiger partial charge in [-0.05, 0) is 68.5 Å². The molecule has 2 aromatic heterocycles. The molecule has 0 bridgehead atoms. The number of pyridine rings is 1. The van der Waals surface area contributed by atoms with E-state index in [1.165, 1.54) is 19.8 Å². The molecule has 0 atom stereocenters. The van der Waals surface area contributed by atoms with Crippen molar-refractivity contribution in [3.63, 3.8) is 0 Å². The summed E-state index contributed by atoms with van der Waals surface area (Å²) >= 11 is 9.49. The summed E-state index contributed by atoms with van der Waals surface area (Å²) in [6, 6.07) is 15.6. The zero-order valence-electron chi connectivity index (χ0n) is 29.2. The van der Waals surface area contributed by atoms with E-state index in [0.717, 1.165) is 63.4 Å². The fourth-order valence-electron chi connectivity index (χ4n) is 4.70. The van der Waals surface area contributed by atoms with Crippen LogP contribution in [0.1, 0.15) is 95.3 Å². The van der Waals surface area contributed by atoms with Gasteiger partial charge in [0.15, 0.2) is 5.78 Å². The highest BCUT2D eigenvalue weighted by molar-refractivity contribution is 9.10. The van der Waals surface area contributed by atoms with Gasteiger partial charge in [-0.25, -0.2) is 4.98 Å². The fraction of sp³-hybridized carbons (Fsp3) is 0.447. The average molecular weight is 732 g/mol. The quantitative estimate of drug-likeness (QED) is 0.146. The van der Waals surface area contributed by atoms with Gasteiger partial charge < -0.3 is 23.8 Å². The summed E-state index contributed by atoms with van der Waals surface area (Å²) < 4.78 is 14.0. The third kappa shape index (κ3) is 14.2. The van der Waals surface area contributed by atoms with Gasteiger partial charge in [-0.3, -0.25) is 4.79 Å². The molecular weight excluding hydrogens is 680 g/mol. The van der Waals surface area contributed by atoms with Gasteiger partial charge in [0.25, 0.3) is 0 Å². The summed E-state index contributed by atoms with van der Waals surface area (Å²) in [5, 5.41) is 9.50. The summed E-state index contributed by atoms with van der Waals surface area (Å²) in [7, 11) is 1.54. The highest BCUT2D eigenvalue weighted by atomic mass is 79.9. The van der Waals surface area contributed by atoms with Crippen molar-refractivity contribution < 1.29 is 24.2 Å². The Morgan fingerprint density at radius 3 is 2.34 bits per heavy atom. The number of ether oxygens (including phenoxy) is 2. The van der Waals surface area contributed by atoms with Crippen molar-refractivity contribution in [3.05, 3.63) is 92.3 Å². The first-order chi connectivity index (χ1) is 22.5. The van der Waals surface area contributed by atoms with Crippen molar-refractivity contribution in [1.29, 1.82) is 0 Å². The number of hydrogen-bond acceptors (Lipinski definition) is 6. The summed E-state index contributed by atoms with van der Waals surface area (Å²) in [5.41, 5.74) is 5.91. The van der Waals surface area contributed by atoms with Crippen LogP contribution in [0.4, 0.5) is 0 Å². The van der Waals surface area contributed by atoms with Crippen LogP contribution in [-0.2, 0) is 29.0 Å². The topological polar surface area (TPSA) is 90.1 Å². The van der Waals surface area contributed by atoms with Crippen LogP contribution in [0, 0.1) is 12.8 Å². The van der Waals surface area contributed by atoms with E-state index in [-0.39, 0.29) is 19.0 Å². The molecule has 0 aliphatic carbocycles. The van der Waals surface area contributed by atoms with Crippen molar-refractivity contribution in [2.24, 2.45) is 5.92 Å². The van der Waals surface area contributed by atoms with Gasteiger partial charge in [-0.1, -0.05) is 93.2 Å². The second-order valence-electron chi connectivity index (χ2n) is 11.3. The third-order valence-electron chi connectivity index (χ3n) is 6.96. The highest BCUT2D eigenvalue weighted by Gasteiger charge is 2.15. The van der Waals surface area contributed by atoms with Crippen LogP contribution in [0.25, 0.3) is 5.65 Å². The molecule has 2 aromatic carbocycles. The largest absolute Gasteiger partial charge is 0.495 e. The molecule has 4 rings (SSSR count). The van der Waals surface area contributed by atoms with Gasteiger partial charge in [0.05, 0.1) is 30.1 Å². The summed E-state index contributed by atoms with van der Waals surface area (Å²) in [6.45, 7) is 14.3. The molecule has 47 heavy (non-hydrogen) atoms. The van der Waals surface area contributed by atoms with E-state index in [1.54, 1.807) is 13.2 Å². The second kappa shape index (κ2) is 23.2. The van der Waals surface area contributed by atoms with Crippen LogP contribution in [-0.4, -0.2) is 40.3 Å². The van der Waals surface area contributed by atoms with Gasteiger partial charge in [-0.2, -0.15) is 0 Å². The predicted octanol–water partition coefficient (Wildman–Crippen LogP) is 9.80. The number of hydrogen-bond donors (Lipinski definition) is 1. The molecular formula is C38H52BrClN2O5. The Labute approximate surface area is 294 Å². The van der Waals surface area contributed by atoms with E-state index in [1.807, 2.05) is 56.4 Å². The van der Waals surface area contributed by atoms with E-state index in [2.05, 4.69) is 54.1 Å². The first-order valence-corrected chi connectivity index (χ1v) is 17.4. The number of carbonyl (C=O) groups is 2. The maximum absolute atomic E-state index is 11.8. The van der Waals surface area contributed by atoms with Gasteiger partial charge in [0.2, 0.25) is 0 Å². The van der Waals surface area contributed by atoms with E-state index in [9.17, 15) is 4.79 Å². The molecule has 7 nitrogen and oxygen atoms in total. The number of aldehydes is 1. The number of benzene rings is 2. The van der Waals surface area contributed by atoms with E-state index >= 15 is 0 Å². The van der Waals surface area contributed by atoms with Crippen LogP contribution >= 0.6 is 27.5 Å². The Morgan fingerprint density at radius 2 is 1.79 bits per heavy atom. The monoisotopic (exact) mass is 730 g/mol. The lowest BCUT2D eigenvalue weighted by Gasteiger charge is -2.12. The fourth-order valence-corrected chi connectivity index (χ4v) is 5.37. The maximum Gasteiger partial charge on any atom is 0.170 e. The zero-order valence-corrected chi connectivity index (χ0v) is 31.6. The molecule has 0 saturated carbocycles. The summed E-state index contributed by atoms with van der Waals surface area (Å²) in [4.78, 5) is 25.4. The lowest BCUT2D eigenvalue weighted by molar-refractivity contribution is -0.121. The number of aromatic nitrogens is 2. The first-order valence-electron chi connectivity index (χ1n) is 16.2. The molecule has 0 amide bonds. The predicted molar refractivity (Wildman–Crippen MR) is 197 cm³/mol. The molecule has 258 valence electrons. The molecule has 9 heteroatoms. The number of nitrogens with zero attached hydrogens (tertiary/aromatic N) is 2. The second-order valence-corrected chi connectivity index (χ2v) is 12.6. The number of halogens is 2. The van der Waals surface area contributed by atoms with Crippen LogP contribution in [0.5, 0.6) is 11.5 Å². The number of methoxy groups -OCH3 is 1. The molecule has 0 aliphatic rings. The number of aryl methyl sites for hydroxylation is 2.